The molecule has 14 heavy (non-hydrogen) atoms. The summed E-state index contributed by atoms with van der Waals surface area (Å²) in [6.07, 6.45) is 15.1. The maximum absolute atomic E-state index is 8.80. The molecule has 2 aliphatic carbocycles. The maximum atomic E-state index is 8.80. The Labute approximate surface area is 85.1 Å². The van der Waals surface area contributed by atoms with Crippen molar-refractivity contribution in [2.45, 2.75) is 25.7 Å². The van der Waals surface area contributed by atoms with Crippen molar-refractivity contribution >= 4 is 0 Å². The van der Waals surface area contributed by atoms with E-state index in [1.54, 1.807) is 0 Å². The van der Waals surface area contributed by atoms with Crippen LogP contribution in [0.5, 0.6) is 0 Å². The van der Waals surface area contributed by atoms with Gasteiger partial charge in [-0.25, -0.2) is 0 Å². The summed E-state index contributed by atoms with van der Waals surface area (Å²) in [5.74, 6) is 0. The van der Waals surface area contributed by atoms with Crippen LogP contribution < -0.4 is 0 Å². The molecule has 74 valence electrons. The average Bonchev–Trinajstić information content (AvgIpc) is 2.84. The molecule has 1 heteroatoms. The van der Waals surface area contributed by atoms with Gasteiger partial charge in [0.25, 0.3) is 0 Å². The molecule has 0 spiro atoms. The lowest BCUT2D eigenvalue weighted by Gasteiger charge is -2.08. The van der Waals surface area contributed by atoms with Gasteiger partial charge in [-0.3, -0.25) is 0 Å². The first-order valence-corrected chi connectivity index (χ1v) is 5.28. The molecule has 0 aliphatic heterocycles. The molecular weight excluding hydrogens is 172 g/mol. The van der Waals surface area contributed by atoms with Gasteiger partial charge in [0, 0.05) is 6.61 Å². The van der Waals surface area contributed by atoms with E-state index in [2.05, 4.69) is 30.4 Å². The standard InChI is InChI=1S/C13H16O/c14-10-4-8-12-7-3-9-13(12)11-5-1-2-6-11/h1-2,5,7,9,14H,3-4,6,8,10H2. The quantitative estimate of drug-likeness (QED) is 0.719. The molecule has 0 radical (unpaired) electrons. The fourth-order valence-electron chi connectivity index (χ4n) is 2.05. The summed E-state index contributed by atoms with van der Waals surface area (Å²) < 4.78 is 0. The lowest BCUT2D eigenvalue weighted by Crippen LogP contribution is -1.92. The van der Waals surface area contributed by atoms with Gasteiger partial charge in [0.05, 0.1) is 0 Å². The van der Waals surface area contributed by atoms with Gasteiger partial charge in [-0.15, -0.1) is 0 Å². The van der Waals surface area contributed by atoms with Crippen molar-refractivity contribution in [3.8, 4) is 0 Å². The molecule has 0 bridgehead atoms. The third-order valence-corrected chi connectivity index (χ3v) is 2.75. The summed E-state index contributed by atoms with van der Waals surface area (Å²) in [6, 6.07) is 0. The van der Waals surface area contributed by atoms with Gasteiger partial charge in [-0.1, -0.05) is 30.4 Å². The van der Waals surface area contributed by atoms with Crippen LogP contribution in [0.1, 0.15) is 25.7 Å². The Hall–Kier alpha value is -1.08. The Morgan fingerprint density at radius 1 is 1.29 bits per heavy atom. The zero-order chi connectivity index (χ0) is 9.80. The Kier molecular flexibility index (Phi) is 3.00. The van der Waals surface area contributed by atoms with Crippen LogP contribution in [-0.4, -0.2) is 11.7 Å². The third-order valence-electron chi connectivity index (χ3n) is 2.75. The van der Waals surface area contributed by atoms with E-state index in [9.17, 15) is 0 Å². The van der Waals surface area contributed by atoms with Crippen molar-refractivity contribution in [1.29, 1.82) is 0 Å². The highest BCUT2D eigenvalue weighted by molar-refractivity contribution is 5.53. The van der Waals surface area contributed by atoms with Crippen molar-refractivity contribution in [3.63, 3.8) is 0 Å². The second-order valence-electron chi connectivity index (χ2n) is 3.73. The Balaban J connectivity index is 2.02. The summed E-state index contributed by atoms with van der Waals surface area (Å²) in [6.45, 7) is 0.294. The van der Waals surface area contributed by atoms with Gasteiger partial charge in [-0.05, 0) is 42.4 Å². The Morgan fingerprint density at radius 3 is 2.93 bits per heavy atom. The smallest absolute Gasteiger partial charge is 0.0434 e. The van der Waals surface area contributed by atoms with E-state index >= 15 is 0 Å². The third kappa shape index (κ3) is 1.88. The minimum Gasteiger partial charge on any atom is -0.396 e. The fourth-order valence-corrected chi connectivity index (χ4v) is 2.05. The summed E-state index contributed by atoms with van der Waals surface area (Å²) in [4.78, 5) is 0. The van der Waals surface area contributed by atoms with E-state index in [0.29, 0.717) is 6.61 Å². The van der Waals surface area contributed by atoms with Crippen LogP contribution >= 0.6 is 0 Å². The minimum absolute atomic E-state index is 0.294. The van der Waals surface area contributed by atoms with Crippen molar-refractivity contribution < 1.29 is 5.11 Å². The van der Waals surface area contributed by atoms with E-state index in [-0.39, 0.29) is 0 Å². The summed E-state index contributed by atoms with van der Waals surface area (Å²) in [7, 11) is 0. The van der Waals surface area contributed by atoms with Crippen molar-refractivity contribution in [2.75, 3.05) is 6.61 Å². The molecule has 0 aromatic rings. The molecule has 2 aliphatic rings. The molecule has 0 aromatic carbocycles. The van der Waals surface area contributed by atoms with E-state index in [1.807, 2.05) is 0 Å². The molecule has 0 aromatic heterocycles. The van der Waals surface area contributed by atoms with Gasteiger partial charge in [0.1, 0.15) is 0 Å². The number of aliphatic hydroxyl groups excluding tert-OH is 1. The second kappa shape index (κ2) is 4.43. The monoisotopic (exact) mass is 188 g/mol. The topological polar surface area (TPSA) is 20.2 Å². The van der Waals surface area contributed by atoms with Gasteiger partial charge in [0.15, 0.2) is 0 Å². The van der Waals surface area contributed by atoms with Gasteiger partial charge in [-0.2, -0.15) is 0 Å². The van der Waals surface area contributed by atoms with Crippen LogP contribution in [0.4, 0.5) is 0 Å². The van der Waals surface area contributed by atoms with Crippen LogP contribution in [0, 0.1) is 0 Å². The van der Waals surface area contributed by atoms with Crippen molar-refractivity contribution in [1.82, 2.24) is 0 Å². The zero-order valence-corrected chi connectivity index (χ0v) is 8.37. The zero-order valence-electron chi connectivity index (χ0n) is 8.37. The van der Waals surface area contributed by atoms with Crippen molar-refractivity contribution in [3.05, 3.63) is 47.1 Å². The molecule has 1 nitrogen and oxygen atoms in total. The first kappa shape index (κ1) is 9.47. The van der Waals surface area contributed by atoms with Gasteiger partial charge >= 0.3 is 0 Å². The predicted octanol–water partition coefficient (Wildman–Crippen LogP) is 2.90. The van der Waals surface area contributed by atoms with E-state index < -0.39 is 0 Å². The molecule has 0 amide bonds. The molecule has 2 rings (SSSR count). The predicted molar refractivity (Wildman–Crippen MR) is 58.9 cm³/mol. The lowest BCUT2D eigenvalue weighted by molar-refractivity contribution is 0.289. The fraction of sp³-hybridized carbons (Fsp3) is 0.385. The minimum atomic E-state index is 0.294. The second-order valence-corrected chi connectivity index (χ2v) is 3.73. The number of aliphatic hydroxyl groups is 1. The largest absolute Gasteiger partial charge is 0.396 e. The van der Waals surface area contributed by atoms with Crippen LogP contribution in [0.2, 0.25) is 0 Å². The summed E-state index contributed by atoms with van der Waals surface area (Å²) in [5.41, 5.74) is 4.28. The SMILES string of the molecule is OCCCC1=CCC=C1C1=CC=CC1. The number of allylic oxidation sites excluding steroid dienone is 8. The maximum Gasteiger partial charge on any atom is 0.0434 e. The first-order chi connectivity index (χ1) is 6.92. The molecular formula is C13H16O. The molecule has 1 N–H and O–H groups in total. The molecule has 0 atom stereocenters. The van der Waals surface area contributed by atoms with E-state index in [4.69, 9.17) is 5.11 Å². The highest BCUT2D eigenvalue weighted by Crippen LogP contribution is 2.32. The first-order valence-electron chi connectivity index (χ1n) is 5.28. The van der Waals surface area contributed by atoms with Gasteiger partial charge in [0.2, 0.25) is 0 Å². The molecule has 0 saturated carbocycles. The van der Waals surface area contributed by atoms with Crippen LogP contribution in [0.3, 0.4) is 0 Å². The van der Waals surface area contributed by atoms with Crippen LogP contribution in [0.15, 0.2) is 47.1 Å². The van der Waals surface area contributed by atoms with Gasteiger partial charge < -0.3 is 5.11 Å². The van der Waals surface area contributed by atoms with Crippen LogP contribution in [0.25, 0.3) is 0 Å². The molecule has 0 saturated heterocycles. The summed E-state index contributed by atoms with van der Waals surface area (Å²) in [5, 5.41) is 8.80. The highest BCUT2D eigenvalue weighted by atomic mass is 16.2. The van der Waals surface area contributed by atoms with E-state index in [1.165, 1.54) is 16.7 Å². The molecule has 0 unspecified atom stereocenters. The Bertz CT molecular complexity index is 329. The van der Waals surface area contributed by atoms with E-state index in [0.717, 1.165) is 25.7 Å². The Morgan fingerprint density at radius 2 is 2.21 bits per heavy atom. The number of hydrogen-bond acceptors (Lipinski definition) is 1. The highest BCUT2D eigenvalue weighted by Gasteiger charge is 2.14. The lowest BCUT2D eigenvalue weighted by atomic mass is 9.97. The summed E-state index contributed by atoms with van der Waals surface area (Å²) >= 11 is 0. The van der Waals surface area contributed by atoms with Crippen LogP contribution in [-0.2, 0) is 0 Å². The molecule has 0 heterocycles. The number of hydrogen-bond donors (Lipinski definition) is 1. The normalized spacial score (nSPS) is 19.6. The average molecular weight is 188 g/mol. The van der Waals surface area contributed by atoms with Crippen molar-refractivity contribution in [2.24, 2.45) is 0 Å². The molecule has 0 fully saturated rings. The number of rotatable bonds is 4.